The van der Waals surface area contributed by atoms with Gasteiger partial charge in [-0.1, -0.05) is 43.0 Å². The van der Waals surface area contributed by atoms with E-state index in [1.165, 1.54) is 0 Å². The van der Waals surface area contributed by atoms with Crippen molar-refractivity contribution in [1.29, 1.82) is 0 Å². The van der Waals surface area contributed by atoms with Crippen LogP contribution in [-0.4, -0.2) is 19.9 Å². The summed E-state index contributed by atoms with van der Waals surface area (Å²) < 4.78 is 0. The molecule has 3 rings (SSSR count). The Hall–Kier alpha value is -2.61. The third-order valence-corrected chi connectivity index (χ3v) is 3.77. The van der Waals surface area contributed by atoms with Crippen LogP contribution < -0.4 is 4.90 Å². The Bertz CT molecular complexity index is 751. The Balaban J connectivity index is 2.11. The summed E-state index contributed by atoms with van der Waals surface area (Å²) in [5, 5.41) is 0. The van der Waals surface area contributed by atoms with Gasteiger partial charge in [0.2, 0.25) is 0 Å². The van der Waals surface area contributed by atoms with Crippen LogP contribution in [0.3, 0.4) is 0 Å². The van der Waals surface area contributed by atoms with Crippen LogP contribution >= 0.6 is 0 Å². The maximum Gasteiger partial charge on any atom is 0.193 e. The summed E-state index contributed by atoms with van der Waals surface area (Å²) >= 11 is 0. The highest BCUT2D eigenvalue weighted by molar-refractivity contribution is 6.17. The van der Waals surface area contributed by atoms with Crippen molar-refractivity contribution < 1.29 is 4.79 Å². The number of nitrogens with zero attached hydrogens (tertiary/aromatic N) is 1. The molecule has 0 saturated heterocycles. The van der Waals surface area contributed by atoms with Crippen LogP contribution in [0.25, 0.3) is 5.57 Å². The molecule has 0 N–H and O–H groups in total. The van der Waals surface area contributed by atoms with Crippen molar-refractivity contribution in [2.24, 2.45) is 0 Å². The standard InChI is InChI=1S/C19H17NO/c1-13-12-18(14-8-10-15(11-9-14)20(2)3)16-6-4-5-7-17(16)19(13)21/h4-12H,1H2,2-3H3. The molecule has 1 aliphatic rings. The molecule has 0 radical (unpaired) electrons. The number of ketones is 1. The molecule has 0 amide bonds. The lowest BCUT2D eigenvalue weighted by Crippen LogP contribution is -2.11. The van der Waals surface area contributed by atoms with Crippen molar-refractivity contribution in [1.82, 2.24) is 0 Å². The molecule has 21 heavy (non-hydrogen) atoms. The normalized spacial score (nSPS) is 13.7. The van der Waals surface area contributed by atoms with Gasteiger partial charge in [0.05, 0.1) is 0 Å². The van der Waals surface area contributed by atoms with Gasteiger partial charge in [0.25, 0.3) is 0 Å². The van der Waals surface area contributed by atoms with Gasteiger partial charge in [0.15, 0.2) is 5.78 Å². The molecule has 2 aromatic rings. The van der Waals surface area contributed by atoms with Gasteiger partial charge >= 0.3 is 0 Å². The number of hydrogen-bond donors (Lipinski definition) is 0. The zero-order valence-electron chi connectivity index (χ0n) is 12.3. The van der Waals surface area contributed by atoms with E-state index in [2.05, 4.69) is 35.7 Å². The summed E-state index contributed by atoms with van der Waals surface area (Å²) in [7, 11) is 4.04. The SMILES string of the molecule is C=C1C=C(c2ccc(N(C)C)cc2)c2ccccc2C1=O. The molecule has 0 spiro atoms. The van der Waals surface area contributed by atoms with Gasteiger partial charge in [0.1, 0.15) is 0 Å². The largest absolute Gasteiger partial charge is 0.378 e. The molecule has 0 saturated carbocycles. The van der Waals surface area contributed by atoms with Crippen molar-refractivity contribution in [3.8, 4) is 0 Å². The van der Waals surface area contributed by atoms with Crippen LogP contribution in [0.1, 0.15) is 21.5 Å². The second-order valence-corrected chi connectivity index (χ2v) is 5.40. The number of benzene rings is 2. The lowest BCUT2D eigenvalue weighted by atomic mass is 9.84. The summed E-state index contributed by atoms with van der Waals surface area (Å²) in [6.45, 7) is 3.88. The molecule has 104 valence electrons. The Morgan fingerprint density at radius 2 is 1.52 bits per heavy atom. The van der Waals surface area contributed by atoms with E-state index in [0.29, 0.717) is 5.57 Å². The number of carbonyl (C=O) groups excluding carboxylic acids is 1. The zero-order chi connectivity index (χ0) is 15.0. The molecule has 2 aromatic carbocycles. The van der Waals surface area contributed by atoms with E-state index in [9.17, 15) is 4.79 Å². The highest BCUT2D eigenvalue weighted by Crippen LogP contribution is 2.33. The van der Waals surface area contributed by atoms with Gasteiger partial charge < -0.3 is 4.90 Å². The minimum Gasteiger partial charge on any atom is -0.378 e. The summed E-state index contributed by atoms with van der Waals surface area (Å²) in [6.07, 6.45) is 1.88. The van der Waals surface area contributed by atoms with E-state index >= 15 is 0 Å². The first-order valence-corrected chi connectivity index (χ1v) is 6.90. The fourth-order valence-corrected chi connectivity index (χ4v) is 2.58. The fourth-order valence-electron chi connectivity index (χ4n) is 2.58. The molecule has 0 aliphatic heterocycles. The van der Waals surface area contributed by atoms with Crippen molar-refractivity contribution in [3.63, 3.8) is 0 Å². The number of allylic oxidation sites excluding steroid dienone is 2. The smallest absolute Gasteiger partial charge is 0.193 e. The molecule has 0 heterocycles. The summed E-state index contributed by atoms with van der Waals surface area (Å²) in [5.74, 6) is 0.0132. The zero-order valence-corrected chi connectivity index (χ0v) is 12.3. The fraction of sp³-hybridized carbons (Fsp3) is 0.105. The van der Waals surface area contributed by atoms with Crippen molar-refractivity contribution in [2.75, 3.05) is 19.0 Å². The van der Waals surface area contributed by atoms with Crippen LogP contribution in [-0.2, 0) is 0 Å². The molecule has 0 fully saturated rings. The highest BCUT2D eigenvalue weighted by atomic mass is 16.1. The second kappa shape index (κ2) is 5.06. The Morgan fingerprint density at radius 1 is 0.905 bits per heavy atom. The third-order valence-electron chi connectivity index (χ3n) is 3.77. The average Bonchev–Trinajstić information content (AvgIpc) is 2.51. The van der Waals surface area contributed by atoms with Gasteiger partial charge in [-0.25, -0.2) is 0 Å². The maximum absolute atomic E-state index is 12.2. The van der Waals surface area contributed by atoms with Crippen LogP contribution in [0, 0.1) is 0 Å². The second-order valence-electron chi connectivity index (χ2n) is 5.40. The van der Waals surface area contributed by atoms with Gasteiger partial charge in [0, 0.05) is 30.9 Å². The van der Waals surface area contributed by atoms with Gasteiger partial charge in [-0.15, -0.1) is 0 Å². The first-order valence-electron chi connectivity index (χ1n) is 6.90. The minimum absolute atomic E-state index is 0.0132. The molecular weight excluding hydrogens is 258 g/mol. The van der Waals surface area contributed by atoms with E-state index < -0.39 is 0 Å². The van der Waals surface area contributed by atoms with E-state index in [1.807, 2.05) is 44.4 Å². The van der Waals surface area contributed by atoms with Crippen LogP contribution in [0.5, 0.6) is 0 Å². The van der Waals surface area contributed by atoms with Gasteiger partial charge in [-0.2, -0.15) is 0 Å². The predicted octanol–water partition coefficient (Wildman–Crippen LogP) is 3.94. The van der Waals surface area contributed by atoms with Crippen LogP contribution in [0.2, 0.25) is 0 Å². The van der Waals surface area contributed by atoms with Crippen molar-refractivity contribution >= 4 is 17.0 Å². The Labute approximate surface area is 125 Å². The Kier molecular flexibility index (Phi) is 3.22. The molecule has 0 aromatic heterocycles. The molecule has 2 heteroatoms. The summed E-state index contributed by atoms with van der Waals surface area (Å²) in [4.78, 5) is 14.3. The minimum atomic E-state index is 0.0132. The van der Waals surface area contributed by atoms with E-state index in [1.54, 1.807) is 0 Å². The van der Waals surface area contributed by atoms with Gasteiger partial charge in [-0.05, 0) is 34.9 Å². The molecule has 2 nitrogen and oxygen atoms in total. The van der Waals surface area contributed by atoms with Crippen molar-refractivity contribution in [2.45, 2.75) is 0 Å². The van der Waals surface area contributed by atoms with Crippen LogP contribution in [0.4, 0.5) is 5.69 Å². The number of carbonyl (C=O) groups is 1. The van der Waals surface area contributed by atoms with E-state index in [4.69, 9.17) is 0 Å². The number of rotatable bonds is 2. The maximum atomic E-state index is 12.2. The first-order chi connectivity index (χ1) is 10.1. The van der Waals surface area contributed by atoms with Gasteiger partial charge in [-0.3, -0.25) is 4.79 Å². The summed E-state index contributed by atoms with van der Waals surface area (Å²) in [5.41, 5.74) is 5.56. The summed E-state index contributed by atoms with van der Waals surface area (Å²) in [6, 6.07) is 16.0. The van der Waals surface area contributed by atoms with Crippen LogP contribution in [0.15, 0.2) is 66.8 Å². The number of Topliss-reactive ketones (excluding diaryl/α,β-unsaturated/α-hetero) is 1. The lowest BCUT2D eigenvalue weighted by Gasteiger charge is -2.19. The van der Waals surface area contributed by atoms with Crippen molar-refractivity contribution in [3.05, 3.63) is 83.4 Å². The molecule has 0 unspecified atom stereocenters. The molecular formula is C19H17NO. The first kappa shape index (κ1) is 13.4. The van der Waals surface area contributed by atoms with E-state index in [0.717, 1.165) is 28.0 Å². The number of anilines is 1. The predicted molar refractivity (Wildman–Crippen MR) is 87.8 cm³/mol. The molecule has 0 bridgehead atoms. The highest BCUT2D eigenvalue weighted by Gasteiger charge is 2.22. The quantitative estimate of drug-likeness (QED) is 0.774. The van der Waals surface area contributed by atoms with E-state index in [-0.39, 0.29) is 5.78 Å². The third kappa shape index (κ3) is 2.29. The number of hydrogen-bond acceptors (Lipinski definition) is 2. The average molecular weight is 275 g/mol. The molecule has 1 aliphatic carbocycles. The topological polar surface area (TPSA) is 20.3 Å². The molecule has 0 atom stereocenters. The lowest BCUT2D eigenvalue weighted by molar-refractivity contribution is 0.103. The monoisotopic (exact) mass is 275 g/mol. The Morgan fingerprint density at radius 3 is 2.14 bits per heavy atom. The number of fused-ring (bicyclic) bond motifs is 1.